The standard InChI is InChI=1S/C25H21ClN8O2/c26-21-14-29-24(31-19-5-6-20-16(11-19)13-28-23(20)35)33-22(21)30-18-7-9-34(10-8-18)25(36)32-17-3-1-15(12-27)2-4-17/h1-6,11,13-14,18H,7-10H2,(H,32,36)(H2,29,30,31,33). The van der Waals surface area contributed by atoms with Gasteiger partial charge in [-0.2, -0.15) is 10.2 Å². The molecule has 0 atom stereocenters. The van der Waals surface area contributed by atoms with Crippen molar-refractivity contribution in [1.82, 2.24) is 14.9 Å². The number of hydrogen-bond donors (Lipinski definition) is 3. The molecule has 1 fully saturated rings. The van der Waals surface area contributed by atoms with Crippen molar-refractivity contribution in [3.8, 4) is 6.07 Å². The second kappa shape index (κ2) is 10.0. The Labute approximate surface area is 212 Å². The first kappa shape index (κ1) is 23.3. The third-order valence-corrected chi connectivity index (χ3v) is 6.27. The van der Waals surface area contributed by atoms with Gasteiger partial charge in [-0.3, -0.25) is 4.79 Å². The topological polar surface area (TPSA) is 135 Å². The van der Waals surface area contributed by atoms with E-state index in [0.717, 1.165) is 24.1 Å². The number of carbonyl (C=O) groups is 2. The van der Waals surface area contributed by atoms with Crippen molar-refractivity contribution in [1.29, 1.82) is 5.26 Å². The lowest BCUT2D eigenvalue weighted by atomic mass is 10.1. The molecule has 3 heterocycles. The Balaban J connectivity index is 1.17. The predicted octanol–water partition coefficient (Wildman–Crippen LogP) is 4.43. The number of benzene rings is 2. The smallest absolute Gasteiger partial charge is 0.321 e. The monoisotopic (exact) mass is 500 g/mol. The highest BCUT2D eigenvalue weighted by Gasteiger charge is 2.24. The van der Waals surface area contributed by atoms with Crippen LogP contribution in [0, 0.1) is 11.3 Å². The number of nitrogens with one attached hydrogen (secondary N) is 3. The van der Waals surface area contributed by atoms with E-state index in [1.165, 1.54) is 12.4 Å². The lowest BCUT2D eigenvalue weighted by Crippen LogP contribution is -2.44. The van der Waals surface area contributed by atoms with E-state index in [0.29, 0.717) is 46.7 Å². The van der Waals surface area contributed by atoms with Crippen molar-refractivity contribution < 1.29 is 9.59 Å². The van der Waals surface area contributed by atoms with E-state index in [1.807, 2.05) is 6.07 Å². The molecule has 3 amide bonds. The van der Waals surface area contributed by atoms with Crippen LogP contribution in [-0.4, -0.2) is 52.2 Å². The minimum atomic E-state index is -0.247. The van der Waals surface area contributed by atoms with Crippen LogP contribution in [0.1, 0.15) is 34.3 Å². The third-order valence-electron chi connectivity index (χ3n) is 5.99. The second-order valence-corrected chi connectivity index (χ2v) is 8.81. The summed E-state index contributed by atoms with van der Waals surface area (Å²) in [5.41, 5.74) is 3.23. The molecule has 11 heteroatoms. The maximum absolute atomic E-state index is 12.6. The first-order chi connectivity index (χ1) is 17.5. The minimum absolute atomic E-state index is 0.0893. The van der Waals surface area contributed by atoms with Crippen molar-refractivity contribution in [2.24, 2.45) is 4.99 Å². The Bertz CT molecular complexity index is 1390. The Kier molecular flexibility index (Phi) is 6.47. The number of fused-ring (bicyclic) bond motifs is 1. The normalized spacial score (nSPS) is 14.8. The van der Waals surface area contributed by atoms with Crippen molar-refractivity contribution in [2.45, 2.75) is 18.9 Å². The number of aromatic nitrogens is 2. The molecule has 2 aromatic carbocycles. The summed E-state index contributed by atoms with van der Waals surface area (Å²) in [5.74, 6) is 0.624. The summed E-state index contributed by atoms with van der Waals surface area (Å²) in [6.07, 6.45) is 4.51. The van der Waals surface area contributed by atoms with Gasteiger partial charge in [0.1, 0.15) is 5.02 Å². The first-order valence-corrected chi connectivity index (χ1v) is 11.7. The van der Waals surface area contributed by atoms with Crippen molar-refractivity contribution in [2.75, 3.05) is 29.0 Å². The van der Waals surface area contributed by atoms with E-state index in [4.69, 9.17) is 16.9 Å². The number of likely N-dealkylation sites (tertiary alicyclic amines) is 1. The summed E-state index contributed by atoms with van der Waals surface area (Å²) in [6, 6.07) is 14.0. The van der Waals surface area contributed by atoms with Gasteiger partial charge in [-0.05, 0) is 55.3 Å². The highest BCUT2D eigenvalue weighted by molar-refractivity contribution is 6.32. The van der Waals surface area contributed by atoms with Gasteiger partial charge in [-0.1, -0.05) is 11.6 Å². The number of nitrogens with zero attached hydrogens (tertiary/aromatic N) is 5. The summed E-state index contributed by atoms with van der Waals surface area (Å²) < 4.78 is 0. The third kappa shape index (κ3) is 5.11. The van der Waals surface area contributed by atoms with Crippen LogP contribution in [0.3, 0.4) is 0 Å². The molecule has 0 saturated carbocycles. The number of aliphatic imine (C=N–C) groups is 1. The molecule has 1 saturated heterocycles. The Morgan fingerprint density at radius 1 is 1.11 bits per heavy atom. The number of nitriles is 1. The molecule has 10 nitrogen and oxygen atoms in total. The van der Waals surface area contributed by atoms with Crippen LogP contribution in [0.5, 0.6) is 0 Å². The van der Waals surface area contributed by atoms with Gasteiger partial charge in [-0.25, -0.2) is 14.8 Å². The molecule has 3 N–H and O–H groups in total. The average molecular weight is 501 g/mol. The minimum Gasteiger partial charge on any atom is -0.366 e. The molecule has 1 aromatic heterocycles. The predicted molar refractivity (Wildman–Crippen MR) is 137 cm³/mol. The number of amides is 3. The van der Waals surface area contributed by atoms with Gasteiger partial charge in [0.25, 0.3) is 5.91 Å². The molecule has 2 aliphatic rings. The summed E-state index contributed by atoms with van der Waals surface area (Å²) >= 11 is 6.34. The summed E-state index contributed by atoms with van der Waals surface area (Å²) in [5, 5.41) is 18.7. The summed E-state index contributed by atoms with van der Waals surface area (Å²) in [7, 11) is 0. The van der Waals surface area contributed by atoms with Crippen LogP contribution in [0.2, 0.25) is 5.02 Å². The zero-order chi connectivity index (χ0) is 25.1. The van der Waals surface area contributed by atoms with E-state index in [-0.39, 0.29) is 18.0 Å². The van der Waals surface area contributed by atoms with Crippen LogP contribution in [0.4, 0.5) is 27.9 Å². The van der Waals surface area contributed by atoms with Gasteiger partial charge >= 0.3 is 6.03 Å². The average Bonchev–Trinajstić information content (AvgIpc) is 3.26. The zero-order valence-corrected chi connectivity index (χ0v) is 19.8. The highest BCUT2D eigenvalue weighted by Crippen LogP contribution is 2.26. The van der Waals surface area contributed by atoms with Gasteiger partial charge in [0.2, 0.25) is 5.95 Å². The molecule has 3 aromatic rings. The fraction of sp³-hybridized carbons (Fsp3) is 0.200. The number of urea groups is 1. The molecule has 0 radical (unpaired) electrons. The van der Waals surface area contributed by atoms with Crippen LogP contribution < -0.4 is 16.0 Å². The Morgan fingerprint density at radius 2 is 1.86 bits per heavy atom. The van der Waals surface area contributed by atoms with Crippen LogP contribution in [-0.2, 0) is 0 Å². The van der Waals surface area contributed by atoms with Gasteiger partial charge in [-0.15, -0.1) is 0 Å². The highest BCUT2D eigenvalue weighted by atomic mass is 35.5. The molecule has 0 aliphatic carbocycles. The van der Waals surface area contributed by atoms with E-state index in [9.17, 15) is 9.59 Å². The Hall–Kier alpha value is -4.49. The van der Waals surface area contributed by atoms with Gasteiger partial charge in [0.15, 0.2) is 5.82 Å². The molecular weight excluding hydrogens is 480 g/mol. The van der Waals surface area contributed by atoms with E-state index >= 15 is 0 Å². The summed E-state index contributed by atoms with van der Waals surface area (Å²) in [4.78, 5) is 38.6. The van der Waals surface area contributed by atoms with Crippen molar-refractivity contribution in [3.63, 3.8) is 0 Å². The number of halogens is 1. The number of rotatable bonds is 5. The molecule has 2 aliphatic heterocycles. The van der Waals surface area contributed by atoms with Gasteiger partial charge in [0, 0.05) is 42.3 Å². The van der Waals surface area contributed by atoms with Gasteiger partial charge in [0.05, 0.1) is 23.4 Å². The molecule has 180 valence electrons. The van der Waals surface area contributed by atoms with Crippen LogP contribution in [0.25, 0.3) is 0 Å². The lowest BCUT2D eigenvalue weighted by Gasteiger charge is -2.32. The van der Waals surface area contributed by atoms with E-state index < -0.39 is 0 Å². The lowest BCUT2D eigenvalue weighted by molar-refractivity contribution is 0.101. The van der Waals surface area contributed by atoms with Crippen molar-refractivity contribution in [3.05, 3.63) is 70.4 Å². The molecular formula is C25H21ClN8O2. The van der Waals surface area contributed by atoms with E-state index in [1.54, 1.807) is 41.3 Å². The maximum Gasteiger partial charge on any atom is 0.321 e. The number of anilines is 4. The van der Waals surface area contributed by atoms with E-state index in [2.05, 4.69) is 37.0 Å². The van der Waals surface area contributed by atoms with Crippen LogP contribution >= 0.6 is 11.6 Å². The van der Waals surface area contributed by atoms with Crippen molar-refractivity contribution >= 4 is 52.9 Å². The Morgan fingerprint density at radius 3 is 2.61 bits per heavy atom. The molecule has 5 rings (SSSR count). The SMILES string of the molecule is N#Cc1ccc(NC(=O)N2CCC(Nc3nc(Nc4ccc5c(c4)C=NC5=O)ncc3Cl)CC2)cc1. The van der Waals surface area contributed by atoms with Crippen LogP contribution in [0.15, 0.2) is 53.7 Å². The number of piperidine rings is 1. The molecule has 36 heavy (non-hydrogen) atoms. The summed E-state index contributed by atoms with van der Waals surface area (Å²) in [6.45, 7) is 1.14. The largest absolute Gasteiger partial charge is 0.366 e. The number of carbonyl (C=O) groups excluding carboxylic acids is 2. The fourth-order valence-electron chi connectivity index (χ4n) is 4.05. The van der Waals surface area contributed by atoms with Gasteiger partial charge < -0.3 is 20.9 Å². The quantitative estimate of drug-likeness (QED) is 0.471. The number of hydrogen-bond acceptors (Lipinski definition) is 7. The second-order valence-electron chi connectivity index (χ2n) is 8.41. The molecule has 0 unspecified atom stereocenters. The first-order valence-electron chi connectivity index (χ1n) is 11.3. The fourth-order valence-corrected chi connectivity index (χ4v) is 4.19. The molecule has 0 bridgehead atoms. The zero-order valence-electron chi connectivity index (χ0n) is 19.0. The molecule has 0 spiro atoms. The maximum atomic E-state index is 12.6.